The van der Waals surface area contributed by atoms with Gasteiger partial charge in [0.15, 0.2) is 0 Å². The molecule has 0 bridgehead atoms. The molecule has 21 heavy (non-hydrogen) atoms. The van der Waals surface area contributed by atoms with Crippen molar-refractivity contribution >= 4 is 23.9 Å². The predicted molar refractivity (Wildman–Crippen MR) is 79.6 cm³/mol. The first-order chi connectivity index (χ1) is 9.79. The average molecular weight is 298 g/mol. The van der Waals surface area contributed by atoms with Gasteiger partial charge in [0.1, 0.15) is 12.1 Å². The Morgan fingerprint density at radius 3 is 2.33 bits per heavy atom. The Labute approximate surface area is 126 Å². The number of hydrogen-bond acceptors (Lipinski definition) is 4. The minimum atomic E-state index is -0.306. The van der Waals surface area contributed by atoms with Gasteiger partial charge in [0.05, 0.1) is 6.54 Å². The molecule has 0 aliphatic rings. The Bertz CT molecular complexity index is 380. The summed E-state index contributed by atoms with van der Waals surface area (Å²) in [4.78, 5) is 46.5. The fourth-order valence-electron chi connectivity index (χ4n) is 1.94. The van der Waals surface area contributed by atoms with E-state index in [4.69, 9.17) is 0 Å². The number of nitrogens with zero attached hydrogens (tertiary/aromatic N) is 1. The van der Waals surface area contributed by atoms with Gasteiger partial charge in [0.25, 0.3) is 0 Å². The molecule has 6 nitrogen and oxygen atoms in total. The van der Waals surface area contributed by atoms with E-state index in [1.165, 1.54) is 6.92 Å². The zero-order chi connectivity index (χ0) is 16.4. The maximum absolute atomic E-state index is 12.2. The van der Waals surface area contributed by atoms with Gasteiger partial charge in [-0.05, 0) is 19.3 Å². The lowest BCUT2D eigenvalue weighted by molar-refractivity contribution is -0.137. The number of Topliss-reactive ketones (excluding diaryl/α,β-unsaturated/α-hetero) is 1. The SMILES string of the molecule is CC(=O)CNC(=O)CCCN(C)C(=O)C(CC=O)C(C)C. The van der Waals surface area contributed by atoms with Crippen LogP contribution >= 0.6 is 0 Å². The minimum absolute atomic E-state index is 0.0440. The molecule has 1 unspecified atom stereocenters. The van der Waals surface area contributed by atoms with Gasteiger partial charge in [-0.1, -0.05) is 13.8 Å². The second kappa shape index (κ2) is 10.1. The Kier molecular flexibility index (Phi) is 9.25. The topological polar surface area (TPSA) is 83.6 Å². The van der Waals surface area contributed by atoms with Crippen molar-refractivity contribution in [1.82, 2.24) is 10.2 Å². The van der Waals surface area contributed by atoms with E-state index in [-0.39, 0.29) is 48.8 Å². The lowest BCUT2D eigenvalue weighted by atomic mass is 9.91. The van der Waals surface area contributed by atoms with Gasteiger partial charge in [0.2, 0.25) is 11.8 Å². The van der Waals surface area contributed by atoms with Crippen molar-refractivity contribution in [2.75, 3.05) is 20.1 Å². The molecule has 0 heterocycles. The molecule has 0 fully saturated rings. The molecule has 120 valence electrons. The highest BCUT2D eigenvalue weighted by atomic mass is 16.2. The molecule has 0 spiro atoms. The molecule has 0 rings (SSSR count). The molecule has 0 aliphatic carbocycles. The number of hydrogen-bond donors (Lipinski definition) is 1. The molecule has 0 aromatic carbocycles. The number of carbonyl (C=O) groups excluding carboxylic acids is 4. The third kappa shape index (κ3) is 8.22. The first-order valence-electron chi connectivity index (χ1n) is 7.24. The summed E-state index contributed by atoms with van der Waals surface area (Å²) in [5.41, 5.74) is 0. The van der Waals surface area contributed by atoms with Crippen LogP contribution in [0.25, 0.3) is 0 Å². The lowest BCUT2D eigenvalue weighted by Gasteiger charge is -2.25. The summed E-state index contributed by atoms with van der Waals surface area (Å²) in [6.07, 6.45) is 1.79. The number of nitrogens with one attached hydrogen (secondary N) is 1. The third-order valence-electron chi connectivity index (χ3n) is 3.28. The van der Waals surface area contributed by atoms with Gasteiger partial charge in [-0.3, -0.25) is 14.4 Å². The van der Waals surface area contributed by atoms with Crippen LogP contribution < -0.4 is 5.32 Å². The Morgan fingerprint density at radius 1 is 1.24 bits per heavy atom. The van der Waals surface area contributed by atoms with Crippen molar-refractivity contribution in [3.63, 3.8) is 0 Å². The number of rotatable bonds is 10. The molecule has 0 aromatic heterocycles. The smallest absolute Gasteiger partial charge is 0.226 e. The molecule has 0 aromatic rings. The summed E-state index contributed by atoms with van der Waals surface area (Å²) in [5.74, 6) is -0.562. The molecular formula is C15H26N2O4. The van der Waals surface area contributed by atoms with Crippen LogP contribution in [0.1, 0.15) is 40.0 Å². The molecule has 0 aliphatic heterocycles. The molecular weight excluding hydrogens is 272 g/mol. The zero-order valence-corrected chi connectivity index (χ0v) is 13.3. The average Bonchev–Trinajstić information content (AvgIpc) is 2.41. The van der Waals surface area contributed by atoms with Gasteiger partial charge >= 0.3 is 0 Å². The molecule has 0 radical (unpaired) electrons. The van der Waals surface area contributed by atoms with Crippen molar-refractivity contribution in [2.45, 2.75) is 40.0 Å². The maximum Gasteiger partial charge on any atom is 0.226 e. The van der Waals surface area contributed by atoms with Crippen LogP contribution in [-0.2, 0) is 19.2 Å². The van der Waals surface area contributed by atoms with Crippen molar-refractivity contribution < 1.29 is 19.2 Å². The highest BCUT2D eigenvalue weighted by Crippen LogP contribution is 2.16. The van der Waals surface area contributed by atoms with E-state index in [1.807, 2.05) is 13.8 Å². The number of carbonyl (C=O) groups is 4. The normalized spacial score (nSPS) is 11.9. The molecule has 1 atom stereocenters. The zero-order valence-electron chi connectivity index (χ0n) is 13.3. The molecule has 6 heteroatoms. The fourth-order valence-corrected chi connectivity index (χ4v) is 1.94. The van der Waals surface area contributed by atoms with Gasteiger partial charge in [-0.25, -0.2) is 0 Å². The number of ketones is 1. The van der Waals surface area contributed by atoms with Crippen LogP contribution in [0.4, 0.5) is 0 Å². The van der Waals surface area contributed by atoms with Crippen LogP contribution in [0.2, 0.25) is 0 Å². The monoisotopic (exact) mass is 298 g/mol. The van der Waals surface area contributed by atoms with Crippen molar-refractivity contribution in [3.05, 3.63) is 0 Å². The molecule has 1 N–H and O–H groups in total. The van der Waals surface area contributed by atoms with Crippen molar-refractivity contribution in [3.8, 4) is 0 Å². The van der Waals surface area contributed by atoms with E-state index in [9.17, 15) is 19.2 Å². The summed E-state index contributed by atoms with van der Waals surface area (Å²) >= 11 is 0. The summed E-state index contributed by atoms with van der Waals surface area (Å²) in [6.45, 7) is 5.73. The highest BCUT2D eigenvalue weighted by Gasteiger charge is 2.24. The first-order valence-corrected chi connectivity index (χ1v) is 7.24. The second-order valence-corrected chi connectivity index (χ2v) is 5.59. The molecule has 0 saturated heterocycles. The largest absolute Gasteiger partial charge is 0.349 e. The maximum atomic E-state index is 12.2. The van der Waals surface area contributed by atoms with Crippen LogP contribution in [-0.4, -0.2) is 48.9 Å². The molecule has 2 amide bonds. The summed E-state index contributed by atoms with van der Waals surface area (Å²) in [7, 11) is 1.68. The van der Waals surface area contributed by atoms with Crippen LogP contribution in [0.5, 0.6) is 0 Å². The van der Waals surface area contributed by atoms with E-state index in [1.54, 1.807) is 11.9 Å². The van der Waals surface area contributed by atoms with Crippen LogP contribution in [0, 0.1) is 11.8 Å². The van der Waals surface area contributed by atoms with Crippen molar-refractivity contribution in [2.24, 2.45) is 11.8 Å². The van der Waals surface area contributed by atoms with Crippen LogP contribution in [0.15, 0.2) is 0 Å². The van der Waals surface area contributed by atoms with E-state index in [0.29, 0.717) is 13.0 Å². The van der Waals surface area contributed by atoms with E-state index >= 15 is 0 Å². The fraction of sp³-hybridized carbons (Fsp3) is 0.733. The third-order valence-corrected chi connectivity index (χ3v) is 3.28. The summed E-state index contributed by atoms with van der Waals surface area (Å²) < 4.78 is 0. The van der Waals surface area contributed by atoms with Gasteiger partial charge in [0, 0.05) is 32.4 Å². The minimum Gasteiger partial charge on any atom is -0.349 e. The quantitative estimate of drug-likeness (QED) is 0.604. The van der Waals surface area contributed by atoms with E-state index in [2.05, 4.69) is 5.32 Å². The first kappa shape index (κ1) is 19.3. The number of amides is 2. The number of aldehydes is 1. The van der Waals surface area contributed by atoms with E-state index in [0.717, 1.165) is 6.29 Å². The summed E-state index contributed by atoms with van der Waals surface area (Å²) in [5, 5.41) is 2.51. The van der Waals surface area contributed by atoms with Gasteiger partial charge in [-0.2, -0.15) is 0 Å². The Morgan fingerprint density at radius 2 is 1.86 bits per heavy atom. The molecule has 0 saturated carbocycles. The highest BCUT2D eigenvalue weighted by molar-refractivity contribution is 5.84. The Hall–Kier alpha value is -1.72. The Balaban J connectivity index is 4.15. The van der Waals surface area contributed by atoms with Crippen LogP contribution in [0.3, 0.4) is 0 Å². The van der Waals surface area contributed by atoms with Crippen molar-refractivity contribution in [1.29, 1.82) is 0 Å². The lowest BCUT2D eigenvalue weighted by Crippen LogP contribution is -2.37. The predicted octanol–water partition coefficient (Wildman–Crippen LogP) is 0.791. The standard InChI is InChI=1S/C15H26N2O4/c1-11(2)13(7-9-18)15(21)17(4)8-5-6-14(20)16-10-12(3)19/h9,11,13H,5-8,10H2,1-4H3,(H,16,20). The van der Waals surface area contributed by atoms with E-state index < -0.39 is 0 Å². The van der Waals surface area contributed by atoms with Gasteiger partial charge < -0.3 is 15.0 Å². The van der Waals surface area contributed by atoms with Gasteiger partial charge in [-0.15, -0.1) is 0 Å². The second-order valence-electron chi connectivity index (χ2n) is 5.59. The summed E-state index contributed by atoms with van der Waals surface area (Å²) in [6, 6.07) is 0.